The lowest BCUT2D eigenvalue weighted by molar-refractivity contribution is 0.292. The number of nitrogens with zero attached hydrogens (tertiary/aromatic N) is 1. The molecule has 0 saturated heterocycles. The molecule has 1 heterocycles. The third kappa shape index (κ3) is 2.71. The van der Waals surface area contributed by atoms with E-state index in [9.17, 15) is 4.79 Å². The number of hydrogen-bond donors (Lipinski definition) is 3. The van der Waals surface area contributed by atoms with Crippen LogP contribution in [0.4, 0.5) is 5.82 Å². The molecule has 1 aromatic rings. The summed E-state index contributed by atoms with van der Waals surface area (Å²) >= 11 is 0. The number of aliphatic hydroxyl groups is 1. The zero-order valence-corrected chi connectivity index (χ0v) is 6.58. The van der Waals surface area contributed by atoms with Crippen molar-refractivity contribution in [1.29, 1.82) is 0 Å². The first-order valence-corrected chi connectivity index (χ1v) is 3.73. The van der Waals surface area contributed by atoms with Gasteiger partial charge in [-0.05, 0) is 12.5 Å². The average molecular weight is 169 g/mol. The lowest BCUT2D eigenvalue weighted by Crippen LogP contribution is -2.10. The van der Waals surface area contributed by atoms with Gasteiger partial charge in [0.05, 0.1) is 0 Å². The summed E-state index contributed by atoms with van der Waals surface area (Å²) in [6, 6.07) is 2.99. The number of H-pyrrole nitrogens is 1. The van der Waals surface area contributed by atoms with Crippen LogP contribution in [0, 0.1) is 0 Å². The van der Waals surface area contributed by atoms with Crippen LogP contribution in [0.2, 0.25) is 0 Å². The van der Waals surface area contributed by atoms with E-state index >= 15 is 0 Å². The zero-order valence-electron chi connectivity index (χ0n) is 6.58. The molecule has 0 aromatic carbocycles. The van der Waals surface area contributed by atoms with E-state index in [1.165, 1.54) is 6.07 Å². The van der Waals surface area contributed by atoms with Crippen LogP contribution in [-0.2, 0) is 0 Å². The normalized spacial score (nSPS) is 9.75. The van der Waals surface area contributed by atoms with Gasteiger partial charge in [-0.15, -0.1) is 0 Å². The Bertz CT molecular complexity index is 264. The van der Waals surface area contributed by atoms with Gasteiger partial charge in [0, 0.05) is 19.2 Å². The fraction of sp³-hybridized carbons (Fsp3) is 0.429. The molecule has 0 unspecified atom stereocenters. The number of aromatic nitrogens is 2. The SMILES string of the molecule is O=c1ccc(NCCCO)n[nH]1. The van der Waals surface area contributed by atoms with Crippen LogP contribution in [0.3, 0.4) is 0 Å². The summed E-state index contributed by atoms with van der Waals surface area (Å²) in [5.74, 6) is 0.614. The molecule has 0 atom stereocenters. The van der Waals surface area contributed by atoms with Crippen LogP contribution >= 0.6 is 0 Å². The second-order valence-electron chi connectivity index (χ2n) is 2.31. The van der Waals surface area contributed by atoms with Crippen LogP contribution in [0.5, 0.6) is 0 Å². The molecule has 0 bridgehead atoms. The third-order valence-electron chi connectivity index (χ3n) is 1.32. The van der Waals surface area contributed by atoms with E-state index in [0.717, 1.165) is 0 Å². The fourth-order valence-corrected chi connectivity index (χ4v) is 0.738. The number of aromatic amines is 1. The van der Waals surface area contributed by atoms with Gasteiger partial charge in [-0.1, -0.05) is 0 Å². The van der Waals surface area contributed by atoms with Crippen molar-refractivity contribution in [3.63, 3.8) is 0 Å². The first kappa shape index (κ1) is 8.73. The first-order valence-electron chi connectivity index (χ1n) is 3.73. The predicted molar refractivity (Wildman–Crippen MR) is 45.1 cm³/mol. The number of anilines is 1. The van der Waals surface area contributed by atoms with Gasteiger partial charge in [-0.25, -0.2) is 5.10 Å². The Morgan fingerprint density at radius 2 is 2.42 bits per heavy atom. The Labute approximate surface area is 69.4 Å². The van der Waals surface area contributed by atoms with Crippen molar-refractivity contribution in [2.75, 3.05) is 18.5 Å². The summed E-state index contributed by atoms with van der Waals surface area (Å²) in [7, 11) is 0. The van der Waals surface area contributed by atoms with Crippen LogP contribution in [0.1, 0.15) is 6.42 Å². The molecule has 12 heavy (non-hydrogen) atoms. The van der Waals surface area contributed by atoms with Crippen molar-refractivity contribution in [2.24, 2.45) is 0 Å². The highest BCUT2D eigenvalue weighted by Gasteiger charge is 1.91. The molecule has 66 valence electrons. The molecular formula is C7H11N3O2. The Hall–Kier alpha value is -1.36. The highest BCUT2D eigenvalue weighted by atomic mass is 16.3. The van der Waals surface area contributed by atoms with Gasteiger partial charge in [0.1, 0.15) is 5.82 Å². The quantitative estimate of drug-likeness (QED) is 0.534. The standard InChI is InChI=1S/C7H11N3O2/c11-5-1-4-8-6-2-3-7(12)10-9-6/h2-3,11H,1,4-5H2,(H,8,9)(H,10,12). The predicted octanol–water partition coefficient (Wildman–Crippen LogP) is -0.436. The topological polar surface area (TPSA) is 78.0 Å². The minimum absolute atomic E-state index is 0.149. The van der Waals surface area contributed by atoms with Gasteiger partial charge in [-0.3, -0.25) is 4.79 Å². The van der Waals surface area contributed by atoms with Gasteiger partial charge >= 0.3 is 0 Å². The van der Waals surface area contributed by atoms with E-state index in [4.69, 9.17) is 5.11 Å². The highest BCUT2D eigenvalue weighted by molar-refractivity contribution is 5.30. The molecule has 0 radical (unpaired) electrons. The van der Waals surface area contributed by atoms with Crippen molar-refractivity contribution >= 4 is 5.82 Å². The summed E-state index contributed by atoms with van der Waals surface area (Å²) in [5.41, 5.74) is -0.220. The number of hydrogen-bond acceptors (Lipinski definition) is 4. The molecule has 0 aliphatic rings. The van der Waals surface area contributed by atoms with E-state index < -0.39 is 0 Å². The van der Waals surface area contributed by atoms with E-state index in [0.29, 0.717) is 18.8 Å². The fourth-order valence-electron chi connectivity index (χ4n) is 0.738. The maximum absolute atomic E-state index is 10.6. The van der Waals surface area contributed by atoms with Crippen LogP contribution in [0.25, 0.3) is 0 Å². The molecule has 5 nitrogen and oxygen atoms in total. The molecule has 0 amide bonds. The Morgan fingerprint density at radius 3 is 3.00 bits per heavy atom. The Morgan fingerprint density at radius 1 is 1.58 bits per heavy atom. The summed E-state index contributed by atoms with van der Waals surface area (Å²) in [5, 5.41) is 17.4. The average Bonchev–Trinajstić information content (AvgIpc) is 2.09. The monoisotopic (exact) mass is 169 g/mol. The molecule has 0 saturated carbocycles. The maximum atomic E-state index is 10.6. The van der Waals surface area contributed by atoms with Crippen LogP contribution in [-0.4, -0.2) is 28.5 Å². The number of rotatable bonds is 4. The van der Waals surface area contributed by atoms with Crippen LogP contribution < -0.4 is 10.9 Å². The van der Waals surface area contributed by atoms with E-state index in [2.05, 4.69) is 15.5 Å². The molecule has 1 rings (SSSR count). The zero-order chi connectivity index (χ0) is 8.81. The molecule has 0 spiro atoms. The van der Waals surface area contributed by atoms with Gasteiger partial charge < -0.3 is 10.4 Å². The lowest BCUT2D eigenvalue weighted by atomic mass is 10.4. The molecule has 5 heteroatoms. The van der Waals surface area contributed by atoms with Gasteiger partial charge in [0.15, 0.2) is 0 Å². The smallest absolute Gasteiger partial charge is 0.264 e. The second-order valence-corrected chi connectivity index (χ2v) is 2.31. The third-order valence-corrected chi connectivity index (χ3v) is 1.32. The van der Waals surface area contributed by atoms with Crippen molar-refractivity contribution in [1.82, 2.24) is 10.2 Å². The lowest BCUT2D eigenvalue weighted by Gasteiger charge is -2.01. The molecule has 0 aliphatic carbocycles. The molecule has 1 aromatic heterocycles. The summed E-state index contributed by atoms with van der Waals surface area (Å²) in [4.78, 5) is 10.6. The minimum atomic E-state index is -0.220. The van der Waals surface area contributed by atoms with Gasteiger partial charge in [0.25, 0.3) is 5.56 Å². The Balaban J connectivity index is 2.42. The summed E-state index contributed by atoms with van der Waals surface area (Å²) < 4.78 is 0. The molecule has 0 fully saturated rings. The van der Waals surface area contributed by atoms with E-state index in [-0.39, 0.29) is 12.2 Å². The molecule has 3 N–H and O–H groups in total. The van der Waals surface area contributed by atoms with Crippen LogP contribution in [0.15, 0.2) is 16.9 Å². The van der Waals surface area contributed by atoms with Gasteiger partial charge in [-0.2, -0.15) is 5.10 Å². The minimum Gasteiger partial charge on any atom is -0.396 e. The largest absolute Gasteiger partial charge is 0.396 e. The first-order chi connectivity index (χ1) is 5.83. The molecule has 0 aliphatic heterocycles. The summed E-state index contributed by atoms with van der Waals surface area (Å²) in [6.45, 7) is 0.798. The van der Waals surface area contributed by atoms with Crippen molar-refractivity contribution in [2.45, 2.75) is 6.42 Å². The number of aliphatic hydroxyl groups excluding tert-OH is 1. The number of nitrogens with one attached hydrogen (secondary N) is 2. The van der Waals surface area contributed by atoms with E-state index in [1.807, 2.05) is 0 Å². The second kappa shape index (κ2) is 4.50. The Kier molecular flexibility index (Phi) is 3.28. The highest BCUT2D eigenvalue weighted by Crippen LogP contribution is 1.94. The molecular weight excluding hydrogens is 158 g/mol. The van der Waals surface area contributed by atoms with Gasteiger partial charge in [0.2, 0.25) is 0 Å². The van der Waals surface area contributed by atoms with Crippen molar-refractivity contribution in [3.8, 4) is 0 Å². The van der Waals surface area contributed by atoms with Crippen molar-refractivity contribution < 1.29 is 5.11 Å². The summed E-state index contributed by atoms with van der Waals surface area (Å²) in [6.07, 6.45) is 0.667. The maximum Gasteiger partial charge on any atom is 0.264 e. The van der Waals surface area contributed by atoms with Crippen molar-refractivity contribution in [3.05, 3.63) is 22.5 Å². The van der Waals surface area contributed by atoms with E-state index in [1.54, 1.807) is 6.07 Å².